The number of carbonyl (C=O) groups is 1. The largest absolute Gasteiger partial charge is 0.309 e. The Morgan fingerprint density at radius 3 is 2.96 bits per heavy atom. The van der Waals surface area contributed by atoms with Crippen LogP contribution in [0.1, 0.15) is 6.42 Å². The molecule has 4 heterocycles. The van der Waals surface area contributed by atoms with Gasteiger partial charge in [-0.2, -0.15) is 10.4 Å². The van der Waals surface area contributed by atoms with Gasteiger partial charge in [0.05, 0.1) is 17.3 Å². The Kier molecular flexibility index (Phi) is 3.24. The summed E-state index contributed by atoms with van der Waals surface area (Å²) in [6.45, 7) is 0.481. The molecule has 0 aromatic carbocycles. The van der Waals surface area contributed by atoms with Crippen molar-refractivity contribution in [1.82, 2.24) is 14.6 Å². The Balaban J connectivity index is 1.83. The van der Waals surface area contributed by atoms with Crippen molar-refractivity contribution < 1.29 is 9.18 Å². The lowest BCUT2D eigenvalue weighted by molar-refractivity contribution is -0.118. The van der Waals surface area contributed by atoms with Crippen molar-refractivity contribution in [1.29, 1.82) is 5.26 Å². The highest BCUT2D eigenvalue weighted by Gasteiger charge is 2.33. The fourth-order valence-corrected chi connectivity index (χ4v) is 2.99. The molecule has 1 atom stereocenters. The van der Waals surface area contributed by atoms with E-state index in [2.05, 4.69) is 10.1 Å². The maximum Gasteiger partial charge on any atom is 0.244 e. The van der Waals surface area contributed by atoms with E-state index >= 15 is 0 Å². The predicted molar refractivity (Wildman–Crippen MR) is 84.5 cm³/mol. The van der Waals surface area contributed by atoms with Crippen LogP contribution >= 0.6 is 0 Å². The number of pyridine rings is 1. The number of hydrogen-bond donors (Lipinski definition) is 0. The summed E-state index contributed by atoms with van der Waals surface area (Å²) >= 11 is 0. The van der Waals surface area contributed by atoms with Crippen LogP contribution in [0.2, 0.25) is 0 Å². The molecule has 0 N–H and O–H groups in total. The molecule has 1 aliphatic rings. The number of amides is 1. The van der Waals surface area contributed by atoms with Crippen LogP contribution in [-0.4, -0.2) is 27.0 Å². The van der Waals surface area contributed by atoms with Crippen molar-refractivity contribution in [2.45, 2.75) is 6.42 Å². The SMILES string of the molecule is N#CC1CCN(c2ccnn3cc(-c4ncccc4F)cc23)C1=O. The summed E-state index contributed by atoms with van der Waals surface area (Å²) in [6.07, 6.45) is 5.28. The van der Waals surface area contributed by atoms with Crippen LogP contribution < -0.4 is 4.90 Å². The molecule has 118 valence electrons. The quantitative estimate of drug-likeness (QED) is 0.726. The summed E-state index contributed by atoms with van der Waals surface area (Å²) in [5.41, 5.74) is 2.15. The van der Waals surface area contributed by atoms with Crippen molar-refractivity contribution in [3.63, 3.8) is 0 Å². The first kappa shape index (κ1) is 14.3. The van der Waals surface area contributed by atoms with E-state index in [4.69, 9.17) is 5.26 Å². The van der Waals surface area contributed by atoms with E-state index < -0.39 is 11.7 Å². The molecule has 0 radical (unpaired) electrons. The number of nitrogens with zero attached hydrogens (tertiary/aromatic N) is 5. The number of fused-ring (bicyclic) bond motifs is 1. The molecule has 1 unspecified atom stereocenters. The van der Waals surface area contributed by atoms with Crippen molar-refractivity contribution in [3.8, 4) is 17.3 Å². The first-order valence-electron chi connectivity index (χ1n) is 7.48. The van der Waals surface area contributed by atoms with Crippen molar-refractivity contribution in [3.05, 3.63) is 48.7 Å². The third kappa shape index (κ3) is 2.12. The Bertz CT molecular complexity index is 990. The van der Waals surface area contributed by atoms with Crippen LogP contribution in [0.3, 0.4) is 0 Å². The fraction of sp³-hybridized carbons (Fsp3) is 0.176. The monoisotopic (exact) mass is 321 g/mol. The van der Waals surface area contributed by atoms with Gasteiger partial charge < -0.3 is 4.90 Å². The van der Waals surface area contributed by atoms with E-state index in [9.17, 15) is 9.18 Å². The smallest absolute Gasteiger partial charge is 0.244 e. The summed E-state index contributed by atoms with van der Waals surface area (Å²) in [5.74, 6) is -1.24. The zero-order valence-electron chi connectivity index (χ0n) is 12.6. The molecule has 1 saturated heterocycles. The first-order chi connectivity index (χ1) is 11.7. The van der Waals surface area contributed by atoms with E-state index in [-0.39, 0.29) is 11.6 Å². The molecule has 24 heavy (non-hydrogen) atoms. The second-order valence-corrected chi connectivity index (χ2v) is 5.57. The first-order valence-corrected chi connectivity index (χ1v) is 7.48. The summed E-state index contributed by atoms with van der Waals surface area (Å²) in [7, 11) is 0. The highest BCUT2D eigenvalue weighted by Crippen LogP contribution is 2.31. The average Bonchev–Trinajstić information content (AvgIpc) is 3.18. The molecular weight excluding hydrogens is 309 g/mol. The van der Waals surface area contributed by atoms with Gasteiger partial charge in [-0.3, -0.25) is 9.78 Å². The van der Waals surface area contributed by atoms with Crippen LogP contribution in [-0.2, 0) is 4.79 Å². The highest BCUT2D eigenvalue weighted by molar-refractivity contribution is 6.02. The van der Waals surface area contributed by atoms with Crippen molar-refractivity contribution in [2.24, 2.45) is 5.92 Å². The minimum absolute atomic E-state index is 0.211. The van der Waals surface area contributed by atoms with Gasteiger partial charge in [0.25, 0.3) is 0 Å². The van der Waals surface area contributed by atoms with E-state index in [0.717, 1.165) is 0 Å². The van der Waals surface area contributed by atoms with Crippen LogP contribution in [0.5, 0.6) is 0 Å². The lowest BCUT2D eigenvalue weighted by atomic mass is 10.1. The van der Waals surface area contributed by atoms with Gasteiger partial charge in [-0.05, 0) is 30.7 Å². The molecule has 0 aliphatic carbocycles. The number of halogens is 1. The van der Waals surface area contributed by atoms with Crippen LogP contribution in [0, 0.1) is 23.1 Å². The number of hydrogen-bond acceptors (Lipinski definition) is 4. The molecule has 7 heteroatoms. The van der Waals surface area contributed by atoms with Gasteiger partial charge in [0, 0.05) is 30.7 Å². The molecule has 1 fully saturated rings. The number of nitriles is 1. The molecule has 0 saturated carbocycles. The molecule has 3 aromatic heterocycles. The average molecular weight is 321 g/mol. The number of carbonyl (C=O) groups excluding carboxylic acids is 1. The third-order valence-electron chi connectivity index (χ3n) is 4.17. The van der Waals surface area contributed by atoms with Crippen LogP contribution in [0.25, 0.3) is 16.8 Å². The summed E-state index contributed by atoms with van der Waals surface area (Å²) in [6, 6.07) is 8.38. The summed E-state index contributed by atoms with van der Waals surface area (Å²) in [5, 5.41) is 13.2. The zero-order valence-corrected chi connectivity index (χ0v) is 12.6. The normalized spacial score (nSPS) is 17.4. The Labute approximate surface area is 136 Å². The maximum absolute atomic E-state index is 14.0. The standard InChI is InChI=1S/C17H12FN5O/c18-13-2-1-5-20-16(13)12-8-15-14(3-6-21-23(15)10-12)22-7-4-11(9-19)17(22)24/h1-3,5-6,8,10-11H,4,7H2. The molecule has 0 bridgehead atoms. The van der Waals surface area contributed by atoms with Crippen molar-refractivity contribution >= 4 is 17.1 Å². The van der Waals surface area contributed by atoms with E-state index in [1.807, 2.05) is 6.07 Å². The molecule has 0 spiro atoms. The molecular formula is C17H12FN5O. The zero-order chi connectivity index (χ0) is 16.7. The highest BCUT2D eigenvalue weighted by atomic mass is 19.1. The molecule has 3 aromatic rings. The van der Waals surface area contributed by atoms with E-state index in [0.29, 0.717) is 29.7 Å². The molecule has 1 aliphatic heterocycles. The predicted octanol–water partition coefficient (Wildman–Crippen LogP) is 2.41. The van der Waals surface area contributed by atoms with Crippen LogP contribution in [0.4, 0.5) is 10.1 Å². The minimum Gasteiger partial charge on any atom is -0.309 e. The second-order valence-electron chi connectivity index (χ2n) is 5.57. The maximum atomic E-state index is 14.0. The lowest BCUT2D eigenvalue weighted by Crippen LogP contribution is -2.27. The minimum atomic E-state index is -0.610. The topological polar surface area (TPSA) is 74.3 Å². The van der Waals surface area contributed by atoms with Gasteiger partial charge in [0.15, 0.2) is 0 Å². The molecule has 4 rings (SSSR count). The van der Waals surface area contributed by atoms with Gasteiger partial charge >= 0.3 is 0 Å². The number of rotatable bonds is 2. The Hall–Kier alpha value is -3.27. The summed E-state index contributed by atoms with van der Waals surface area (Å²) in [4.78, 5) is 18.0. The van der Waals surface area contributed by atoms with E-state index in [1.165, 1.54) is 18.3 Å². The second kappa shape index (κ2) is 5.42. The lowest BCUT2D eigenvalue weighted by Gasteiger charge is -2.16. The van der Waals surface area contributed by atoms with Gasteiger partial charge in [-0.15, -0.1) is 0 Å². The van der Waals surface area contributed by atoms with Gasteiger partial charge in [0.1, 0.15) is 17.4 Å². The van der Waals surface area contributed by atoms with Gasteiger partial charge in [-0.25, -0.2) is 8.91 Å². The molecule has 6 nitrogen and oxygen atoms in total. The molecule has 1 amide bonds. The van der Waals surface area contributed by atoms with Crippen LogP contribution in [0.15, 0.2) is 42.9 Å². The number of aromatic nitrogens is 3. The van der Waals surface area contributed by atoms with Crippen molar-refractivity contribution in [2.75, 3.05) is 11.4 Å². The summed E-state index contributed by atoms with van der Waals surface area (Å²) < 4.78 is 15.6. The Morgan fingerprint density at radius 2 is 2.21 bits per heavy atom. The fourth-order valence-electron chi connectivity index (χ4n) is 2.99. The Morgan fingerprint density at radius 1 is 1.33 bits per heavy atom. The van der Waals surface area contributed by atoms with Gasteiger partial charge in [0.2, 0.25) is 5.91 Å². The number of anilines is 1. The van der Waals surface area contributed by atoms with Gasteiger partial charge in [-0.1, -0.05) is 0 Å². The third-order valence-corrected chi connectivity index (χ3v) is 4.17. The van der Waals surface area contributed by atoms with E-state index in [1.54, 1.807) is 33.9 Å².